The Balaban J connectivity index is 1.46. The summed E-state index contributed by atoms with van der Waals surface area (Å²) in [5, 5.41) is 9.42. The average Bonchev–Trinajstić information content (AvgIpc) is 3.29. The van der Waals surface area contributed by atoms with Crippen molar-refractivity contribution in [1.29, 1.82) is 0 Å². The number of nitrogens with one attached hydrogen (secondary N) is 3. The highest BCUT2D eigenvalue weighted by Crippen LogP contribution is 2.17. The van der Waals surface area contributed by atoms with Gasteiger partial charge in [-0.25, -0.2) is 4.98 Å². The number of carbonyl (C=O) groups is 1. The number of rotatable bonds is 9. The lowest BCUT2D eigenvalue weighted by molar-refractivity contribution is 0.0953. The van der Waals surface area contributed by atoms with E-state index in [9.17, 15) is 4.79 Å². The summed E-state index contributed by atoms with van der Waals surface area (Å²) in [5.41, 5.74) is 3.46. The molecule has 1 amide bonds. The van der Waals surface area contributed by atoms with E-state index in [4.69, 9.17) is 4.42 Å². The van der Waals surface area contributed by atoms with Gasteiger partial charge in [0.25, 0.3) is 5.91 Å². The topological polar surface area (TPSA) is 91.5 Å². The molecule has 3 rings (SSSR count). The fourth-order valence-electron chi connectivity index (χ4n) is 2.94. The van der Waals surface area contributed by atoms with Gasteiger partial charge in [0.05, 0.1) is 12.2 Å². The molecule has 0 aliphatic rings. The number of oxazole rings is 1. The minimum Gasteiger partial charge on any atom is -0.444 e. The van der Waals surface area contributed by atoms with Crippen LogP contribution < -0.4 is 16.0 Å². The van der Waals surface area contributed by atoms with Crippen LogP contribution in [0, 0.1) is 0 Å². The summed E-state index contributed by atoms with van der Waals surface area (Å²) in [5.74, 6) is 1.22. The Kier molecular flexibility index (Phi) is 8.22. The molecule has 0 saturated carbocycles. The Bertz CT molecular complexity index is 981. The highest BCUT2D eigenvalue weighted by Gasteiger charge is 2.08. The number of benzene rings is 2. The molecule has 3 aromatic rings. The van der Waals surface area contributed by atoms with Gasteiger partial charge in [0.2, 0.25) is 5.89 Å². The highest BCUT2D eigenvalue weighted by atomic mass is 16.3. The quantitative estimate of drug-likeness (QED) is 0.279. The third-order valence-corrected chi connectivity index (χ3v) is 4.73. The Morgan fingerprint density at radius 2 is 1.74 bits per heavy atom. The van der Waals surface area contributed by atoms with Crippen LogP contribution in [0.3, 0.4) is 0 Å². The van der Waals surface area contributed by atoms with Crippen molar-refractivity contribution in [3.05, 3.63) is 77.7 Å². The van der Waals surface area contributed by atoms with E-state index in [1.54, 1.807) is 13.3 Å². The standard InChI is InChI=1S/C24H29N5O2/c1-3-4-14-26-22(30)19-12-10-18(11-13-19)15-27-24(25-2)28-16-21-17-31-23(29-21)20-8-6-5-7-9-20/h5-13,17H,3-4,14-16H2,1-2H3,(H,26,30)(H2,25,27,28). The summed E-state index contributed by atoms with van der Waals surface area (Å²) in [7, 11) is 1.72. The van der Waals surface area contributed by atoms with Crippen LogP contribution in [0.4, 0.5) is 0 Å². The van der Waals surface area contributed by atoms with Crippen LogP contribution in [-0.4, -0.2) is 30.4 Å². The second kappa shape index (κ2) is 11.5. The number of amides is 1. The van der Waals surface area contributed by atoms with Crippen molar-refractivity contribution in [2.24, 2.45) is 4.99 Å². The number of hydrogen-bond acceptors (Lipinski definition) is 4. The number of hydrogen-bond donors (Lipinski definition) is 3. The SMILES string of the molecule is CCCCNC(=O)c1ccc(CNC(=NC)NCc2coc(-c3ccccc3)n2)cc1. The van der Waals surface area contributed by atoms with E-state index < -0.39 is 0 Å². The van der Waals surface area contributed by atoms with Gasteiger partial charge in [-0.2, -0.15) is 0 Å². The first-order chi connectivity index (χ1) is 15.2. The molecular formula is C24H29N5O2. The van der Waals surface area contributed by atoms with Gasteiger partial charge in [0.1, 0.15) is 6.26 Å². The second-order valence-corrected chi connectivity index (χ2v) is 7.10. The van der Waals surface area contributed by atoms with Gasteiger partial charge in [-0.3, -0.25) is 9.79 Å². The highest BCUT2D eigenvalue weighted by molar-refractivity contribution is 5.94. The van der Waals surface area contributed by atoms with Crippen molar-refractivity contribution >= 4 is 11.9 Å². The van der Waals surface area contributed by atoms with E-state index in [2.05, 4.69) is 32.9 Å². The summed E-state index contributed by atoms with van der Waals surface area (Å²) < 4.78 is 5.56. The van der Waals surface area contributed by atoms with E-state index in [-0.39, 0.29) is 5.91 Å². The monoisotopic (exact) mass is 419 g/mol. The first kappa shape index (κ1) is 22.1. The summed E-state index contributed by atoms with van der Waals surface area (Å²) in [4.78, 5) is 20.8. The lowest BCUT2D eigenvalue weighted by Gasteiger charge is -2.11. The zero-order valence-electron chi connectivity index (χ0n) is 18.0. The van der Waals surface area contributed by atoms with E-state index in [1.807, 2.05) is 54.6 Å². The van der Waals surface area contributed by atoms with Gasteiger partial charge < -0.3 is 20.4 Å². The molecule has 0 spiro atoms. The Hall–Kier alpha value is -3.61. The van der Waals surface area contributed by atoms with Crippen LogP contribution in [0.15, 0.2) is 70.3 Å². The molecule has 3 N–H and O–H groups in total. The smallest absolute Gasteiger partial charge is 0.251 e. The summed E-state index contributed by atoms with van der Waals surface area (Å²) in [6, 6.07) is 17.4. The normalized spacial score (nSPS) is 11.2. The molecule has 31 heavy (non-hydrogen) atoms. The molecule has 7 nitrogen and oxygen atoms in total. The number of guanidine groups is 1. The summed E-state index contributed by atoms with van der Waals surface area (Å²) in [6.45, 7) is 3.89. The number of aromatic nitrogens is 1. The van der Waals surface area contributed by atoms with Crippen molar-refractivity contribution in [3.63, 3.8) is 0 Å². The first-order valence-electron chi connectivity index (χ1n) is 10.5. The van der Waals surface area contributed by atoms with Gasteiger partial charge in [0, 0.05) is 31.3 Å². The van der Waals surface area contributed by atoms with Crippen molar-refractivity contribution < 1.29 is 9.21 Å². The maximum absolute atomic E-state index is 12.1. The largest absolute Gasteiger partial charge is 0.444 e. The number of carbonyl (C=O) groups excluding carboxylic acids is 1. The summed E-state index contributed by atoms with van der Waals surface area (Å²) in [6.07, 6.45) is 3.69. The van der Waals surface area contributed by atoms with Crippen molar-refractivity contribution in [3.8, 4) is 11.5 Å². The van der Waals surface area contributed by atoms with Crippen LogP contribution in [0.25, 0.3) is 11.5 Å². The first-order valence-corrected chi connectivity index (χ1v) is 10.5. The molecule has 0 bridgehead atoms. The molecule has 2 aromatic carbocycles. The number of nitrogens with zero attached hydrogens (tertiary/aromatic N) is 2. The van der Waals surface area contributed by atoms with Crippen LogP contribution >= 0.6 is 0 Å². The molecule has 0 aliphatic heterocycles. The fourth-order valence-corrected chi connectivity index (χ4v) is 2.94. The Morgan fingerprint density at radius 1 is 1.00 bits per heavy atom. The lowest BCUT2D eigenvalue weighted by Crippen LogP contribution is -2.36. The van der Waals surface area contributed by atoms with Gasteiger partial charge in [-0.15, -0.1) is 0 Å². The van der Waals surface area contributed by atoms with Gasteiger partial charge in [0.15, 0.2) is 5.96 Å². The zero-order valence-corrected chi connectivity index (χ0v) is 18.0. The molecule has 0 atom stereocenters. The maximum Gasteiger partial charge on any atom is 0.251 e. The minimum absolute atomic E-state index is 0.0343. The van der Waals surface area contributed by atoms with Gasteiger partial charge >= 0.3 is 0 Å². The molecule has 0 saturated heterocycles. The Labute approximate surface area is 183 Å². The third kappa shape index (κ3) is 6.70. The third-order valence-electron chi connectivity index (χ3n) is 4.73. The van der Waals surface area contributed by atoms with E-state index in [0.29, 0.717) is 37.0 Å². The average molecular weight is 420 g/mol. The second-order valence-electron chi connectivity index (χ2n) is 7.10. The van der Waals surface area contributed by atoms with E-state index >= 15 is 0 Å². The van der Waals surface area contributed by atoms with Crippen LogP contribution in [0.2, 0.25) is 0 Å². The predicted molar refractivity (Wildman–Crippen MR) is 123 cm³/mol. The predicted octanol–water partition coefficient (Wildman–Crippen LogP) is 3.74. The van der Waals surface area contributed by atoms with E-state index in [0.717, 1.165) is 29.7 Å². The molecule has 0 aliphatic carbocycles. The van der Waals surface area contributed by atoms with Crippen molar-refractivity contribution in [1.82, 2.24) is 20.9 Å². The van der Waals surface area contributed by atoms with Gasteiger partial charge in [-0.1, -0.05) is 43.7 Å². The number of unbranched alkanes of at least 4 members (excludes halogenated alkanes) is 1. The molecule has 0 fully saturated rings. The van der Waals surface area contributed by atoms with Crippen LogP contribution in [0.1, 0.15) is 41.4 Å². The van der Waals surface area contributed by atoms with Crippen LogP contribution in [0.5, 0.6) is 0 Å². The molecule has 1 aromatic heterocycles. The molecule has 7 heteroatoms. The summed E-state index contributed by atoms with van der Waals surface area (Å²) >= 11 is 0. The maximum atomic E-state index is 12.1. The van der Waals surface area contributed by atoms with Gasteiger partial charge in [-0.05, 0) is 36.2 Å². The van der Waals surface area contributed by atoms with Crippen molar-refractivity contribution in [2.45, 2.75) is 32.9 Å². The Morgan fingerprint density at radius 3 is 2.45 bits per heavy atom. The molecule has 0 radical (unpaired) electrons. The molecular weight excluding hydrogens is 390 g/mol. The molecule has 1 heterocycles. The molecule has 162 valence electrons. The minimum atomic E-state index is -0.0343. The zero-order chi connectivity index (χ0) is 21.9. The van der Waals surface area contributed by atoms with Crippen molar-refractivity contribution in [2.75, 3.05) is 13.6 Å². The lowest BCUT2D eigenvalue weighted by atomic mass is 10.1. The van der Waals surface area contributed by atoms with E-state index in [1.165, 1.54) is 0 Å². The fraction of sp³-hybridized carbons (Fsp3) is 0.292. The molecule has 0 unspecified atom stereocenters. The van der Waals surface area contributed by atoms with Crippen LogP contribution in [-0.2, 0) is 13.1 Å². The number of aliphatic imine (C=N–C) groups is 1.